The summed E-state index contributed by atoms with van der Waals surface area (Å²) in [6, 6.07) is 20.1. The highest BCUT2D eigenvalue weighted by molar-refractivity contribution is 5.71. The molecule has 0 saturated carbocycles. The molecule has 0 radical (unpaired) electrons. The lowest BCUT2D eigenvalue weighted by atomic mass is 9.89. The Bertz CT molecular complexity index is 766. The molecule has 4 nitrogen and oxygen atoms in total. The van der Waals surface area contributed by atoms with Crippen LogP contribution >= 0.6 is 0 Å². The number of carbonyl (C=O) groups is 1. The molecule has 0 aliphatic heterocycles. The minimum atomic E-state index is -0.238. The van der Waals surface area contributed by atoms with Gasteiger partial charge in [-0.3, -0.25) is 4.79 Å². The summed E-state index contributed by atoms with van der Waals surface area (Å²) >= 11 is 0. The summed E-state index contributed by atoms with van der Waals surface area (Å²) < 4.78 is 10.6. The Morgan fingerprint density at radius 1 is 1.00 bits per heavy atom. The number of esters is 1. The Morgan fingerprint density at radius 3 is 2.04 bits per heavy atom. The number of aromatic nitrogens is 1. The van der Waals surface area contributed by atoms with Crippen LogP contribution in [0.15, 0.2) is 65.2 Å². The Kier molecular flexibility index (Phi) is 5.29. The zero-order chi connectivity index (χ0) is 17.6. The third-order valence-electron chi connectivity index (χ3n) is 4.33. The summed E-state index contributed by atoms with van der Waals surface area (Å²) in [5.74, 6) is 0.422. The molecule has 4 heteroatoms. The van der Waals surface area contributed by atoms with Gasteiger partial charge in [-0.05, 0) is 25.0 Å². The van der Waals surface area contributed by atoms with E-state index in [1.165, 1.54) is 0 Å². The number of carbonyl (C=O) groups excluding carboxylic acids is 1. The average molecular weight is 335 g/mol. The van der Waals surface area contributed by atoms with Crippen molar-refractivity contribution in [2.45, 2.75) is 32.8 Å². The van der Waals surface area contributed by atoms with E-state index in [0.717, 1.165) is 22.4 Å². The topological polar surface area (TPSA) is 52.3 Å². The lowest BCUT2D eigenvalue weighted by Crippen LogP contribution is -2.12. The quantitative estimate of drug-likeness (QED) is 0.620. The van der Waals surface area contributed by atoms with Gasteiger partial charge < -0.3 is 9.26 Å². The van der Waals surface area contributed by atoms with Crippen LogP contribution in [0.5, 0.6) is 0 Å². The van der Waals surface area contributed by atoms with E-state index in [1.807, 2.05) is 74.5 Å². The molecule has 0 N–H and O–H groups in total. The van der Waals surface area contributed by atoms with Gasteiger partial charge in [0.15, 0.2) is 0 Å². The third-order valence-corrected chi connectivity index (χ3v) is 4.33. The SMILES string of the molecule is Cc1noc(C)c1COC(=O)CC(c1ccccc1)c1ccccc1. The van der Waals surface area contributed by atoms with Gasteiger partial charge in [-0.15, -0.1) is 0 Å². The average Bonchev–Trinajstić information content (AvgIpc) is 2.97. The van der Waals surface area contributed by atoms with Gasteiger partial charge in [-0.1, -0.05) is 65.8 Å². The number of nitrogens with zero attached hydrogens (tertiary/aromatic N) is 1. The zero-order valence-corrected chi connectivity index (χ0v) is 14.4. The van der Waals surface area contributed by atoms with Crippen molar-refractivity contribution >= 4 is 5.97 Å². The molecule has 0 amide bonds. The number of hydrogen-bond donors (Lipinski definition) is 0. The van der Waals surface area contributed by atoms with Gasteiger partial charge >= 0.3 is 5.97 Å². The molecule has 0 spiro atoms. The van der Waals surface area contributed by atoms with Crippen LogP contribution in [0.3, 0.4) is 0 Å². The maximum absolute atomic E-state index is 12.4. The van der Waals surface area contributed by atoms with Crippen molar-refractivity contribution in [1.82, 2.24) is 5.16 Å². The molecule has 0 aliphatic carbocycles. The predicted molar refractivity (Wildman–Crippen MR) is 95.1 cm³/mol. The number of rotatable bonds is 6. The molecule has 0 unspecified atom stereocenters. The highest BCUT2D eigenvalue weighted by atomic mass is 16.5. The summed E-state index contributed by atoms with van der Waals surface area (Å²) in [5, 5.41) is 3.88. The second-order valence-electron chi connectivity index (χ2n) is 6.04. The molecular weight excluding hydrogens is 314 g/mol. The molecule has 0 bridgehead atoms. The minimum absolute atomic E-state index is 0.0282. The van der Waals surface area contributed by atoms with Crippen molar-refractivity contribution in [1.29, 1.82) is 0 Å². The maximum atomic E-state index is 12.4. The molecule has 0 saturated heterocycles. The fraction of sp³-hybridized carbons (Fsp3) is 0.238. The molecule has 0 atom stereocenters. The smallest absolute Gasteiger partial charge is 0.307 e. The fourth-order valence-corrected chi connectivity index (χ4v) is 2.89. The number of hydrogen-bond acceptors (Lipinski definition) is 4. The summed E-state index contributed by atoms with van der Waals surface area (Å²) in [6.45, 7) is 3.85. The van der Waals surface area contributed by atoms with E-state index < -0.39 is 0 Å². The van der Waals surface area contributed by atoms with E-state index in [4.69, 9.17) is 9.26 Å². The van der Waals surface area contributed by atoms with Crippen LogP contribution in [-0.2, 0) is 16.1 Å². The first kappa shape index (κ1) is 17.0. The zero-order valence-electron chi connectivity index (χ0n) is 14.4. The van der Waals surface area contributed by atoms with Gasteiger partial charge in [0.2, 0.25) is 0 Å². The van der Waals surface area contributed by atoms with Crippen molar-refractivity contribution in [2.75, 3.05) is 0 Å². The van der Waals surface area contributed by atoms with Crippen LogP contribution in [0, 0.1) is 13.8 Å². The van der Waals surface area contributed by atoms with Crippen LogP contribution in [0.4, 0.5) is 0 Å². The molecule has 0 aliphatic rings. The van der Waals surface area contributed by atoms with Crippen LogP contribution in [0.2, 0.25) is 0 Å². The first-order chi connectivity index (χ1) is 12.1. The molecular formula is C21H21NO3. The monoisotopic (exact) mass is 335 g/mol. The number of ether oxygens (including phenoxy) is 1. The van der Waals surface area contributed by atoms with Crippen molar-refractivity contribution in [3.8, 4) is 0 Å². The van der Waals surface area contributed by atoms with E-state index in [9.17, 15) is 4.79 Å². The first-order valence-corrected chi connectivity index (χ1v) is 8.32. The lowest BCUT2D eigenvalue weighted by Gasteiger charge is -2.17. The molecule has 1 heterocycles. The van der Waals surface area contributed by atoms with Crippen LogP contribution in [0.25, 0.3) is 0 Å². The summed E-state index contributed by atoms with van der Waals surface area (Å²) in [6.07, 6.45) is 0.289. The molecule has 3 aromatic rings. The van der Waals surface area contributed by atoms with Crippen molar-refractivity contribution in [3.63, 3.8) is 0 Å². The summed E-state index contributed by atoms with van der Waals surface area (Å²) in [5.41, 5.74) is 3.79. The number of benzene rings is 2. The summed E-state index contributed by atoms with van der Waals surface area (Å²) in [4.78, 5) is 12.4. The molecule has 128 valence electrons. The van der Waals surface area contributed by atoms with Gasteiger partial charge in [0, 0.05) is 5.92 Å². The van der Waals surface area contributed by atoms with Gasteiger partial charge in [-0.2, -0.15) is 0 Å². The molecule has 1 aromatic heterocycles. The van der Waals surface area contributed by atoms with Crippen molar-refractivity contribution < 1.29 is 14.1 Å². The Balaban J connectivity index is 1.73. The highest BCUT2D eigenvalue weighted by Crippen LogP contribution is 2.28. The first-order valence-electron chi connectivity index (χ1n) is 8.32. The predicted octanol–water partition coefficient (Wildman–Crippen LogP) is 4.56. The van der Waals surface area contributed by atoms with Gasteiger partial charge in [0.25, 0.3) is 0 Å². The van der Waals surface area contributed by atoms with E-state index in [0.29, 0.717) is 5.76 Å². The van der Waals surface area contributed by atoms with E-state index in [2.05, 4.69) is 5.16 Å². The normalized spacial score (nSPS) is 10.8. The Labute approximate surface area is 147 Å². The largest absolute Gasteiger partial charge is 0.461 e. The van der Waals surface area contributed by atoms with Crippen LogP contribution < -0.4 is 0 Å². The second kappa shape index (κ2) is 7.79. The molecule has 25 heavy (non-hydrogen) atoms. The Morgan fingerprint density at radius 2 is 1.56 bits per heavy atom. The lowest BCUT2D eigenvalue weighted by molar-refractivity contribution is -0.145. The van der Waals surface area contributed by atoms with E-state index in [1.54, 1.807) is 0 Å². The summed E-state index contributed by atoms with van der Waals surface area (Å²) in [7, 11) is 0. The second-order valence-corrected chi connectivity index (χ2v) is 6.04. The highest BCUT2D eigenvalue weighted by Gasteiger charge is 2.20. The van der Waals surface area contributed by atoms with Gasteiger partial charge in [0.1, 0.15) is 12.4 Å². The maximum Gasteiger partial charge on any atom is 0.307 e. The molecule has 0 fully saturated rings. The van der Waals surface area contributed by atoms with Crippen LogP contribution in [-0.4, -0.2) is 11.1 Å². The minimum Gasteiger partial charge on any atom is -0.461 e. The van der Waals surface area contributed by atoms with Crippen LogP contribution in [0.1, 0.15) is 40.5 Å². The Hall–Kier alpha value is -2.88. The molecule has 2 aromatic carbocycles. The number of aryl methyl sites for hydroxylation is 2. The van der Waals surface area contributed by atoms with E-state index in [-0.39, 0.29) is 24.9 Å². The van der Waals surface area contributed by atoms with Gasteiger partial charge in [0.05, 0.1) is 17.7 Å². The van der Waals surface area contributed by atoms with Crippen molar-refractivity contribution in [3.05, 3.63) is 88.8 Å². The molecule has 3 rings (SSSR count). The third kappa shape index (κ3) is 4.15. The van der Waals surface area contributed by atoms with Gasteiger partial charge in [-0.25, -0.2) is 0 Å². The van der Waals surface area contributed by atoms with E-state index >= 15 is 0 Å². The standard InChI is InChI=1S/C21H21NO3/c1-15-20(16(2)25-22-15)14-24-21(23)13-19(17-9-5-3-6-10-17)18-11-7-4-8-12-18/h3-12,19H,13-14H2,1-2H3. The van der Waals surface area contributed by atoms with Crippen molar-refractivity contribution in [2.24, 2.45) is 0 Å². The fourth-order valence-electron chi connectivity index (χ4n) is 2.89.